The maximum Gasteiger partial charge on any atom is 0.147 e. The van der Waals surface area contributed by atoms with Gasteiger partial charge in [0.15, 0.2) is 0 Å². The summed E-state index contributed by atoms with van der Waals surface area (Å²) in [5.41, 5.74) is 5.36. The normalized spacial score (nSPS) is 10.2. The summed E-state index contributed by atoms with van der Waals surface area (Å²) in [6.07, 6.45) is 0. The monoisotopic (exact) mass is 219 g/mol. The third-order valence-electron chi connectivity index (χ3n) is 1.60. The molecule has 14 heavy (non-hydrogen) atoms. The summed E-state index contributed by atoms with van der Waals surface area (Å²) in [5, 5.41) is 0.202. The lowest BCUT2D eigenvalue weighted by Crippen LogP contribution is -2.05. The molecule has 1 rings (SSSR count). The van der Waals surface area contributed by atoms with E-state index in [1.54, 1.807) is 7.11 Å². The Hall–Kier alpha value is -1.00. The molecule has 0 fully saturated rings. The van der Waals surface area contributed by atoms with E-state index >= 15 is 0 Å². The molecular weight excluding hydrogens is 209 g/mol. The minimum atomic E-state index is -0.547. The number of anilines is 1. The molecule has 0 unspecified atom stereocenters. The van der Waals surface area contributed by atoms with Crippen molar-refractivity contribution in [2.24, 2.45) is 0 Å². The van der Waals surface area contributed by atoms with Crippen LogP contribution < -0.4 is 10.5 Å². The average molecular weight is 220 g/mol. The average Bonchev–Trinajstić information content (AvgIpc) is 2.14. The van der Waals surface area contributed by atoms with Gasteiger partial charge in [-0.15, -0.1) is 0 Å². The van der Waals surface area contributed by atoms with Gasteiger partial charge in [0.1, 0.15) is 18.2 Å². The number of hydrogen-bond donors (Lipinski definition) is 1. The van der Waals surface area contributed by atoms with Crippen molar-refractivity contribution in [2.75, 3.05) is 26.1 Å². The van der Waals surface area contributed by atoms with Crippen molar-refractivity contribution in [3.63, 3.8) is 0 Å². The highest BCUT2D eigenvalue weighted by molar-refractivity contribution is 6.32. The number of nitrogens with two attached hydrogens (primary N) is 1. The van der Waals surface area contributed by atoms with Crippen LogP contribution in [0.1, 0.15) is 0 Å². The predicted octanol–water partition coefficient (Wildman–Crippen LogP) is 2.09. The van der Waals surface area contributed by atoms with Crippen molar-refractivity contribution < 1.29 is 13.9 Å². The first-order valence-corrected chi connectivity index (χ1v) is 4.39. The lowest BCUT2D eigenvalue weighted by atomic mass is 10.3. The van der Waals surface area contributed by atoms with Gasteiger partial charge in [-0.3, -0.25) is 0 Å². The highest BCUT2D eigenvalue weighted by atomic mass is 35.5. The number of halogens is 2. The van der Waals surface area contributed by atoms with E-state index in [2.05, 4.69) is 0 Å². The molecular formula is C9H11ClFNO2. The summed E-state index contributed by atoms with van der Waals surface area (Å²) in [6.45, 7) is 0.787. The van der Waals surface area contributed by atoms with Crippen LogP contribution in [0.2, 0.25) is 5.02 Å². The Labute approximate surface area is 86.6 Å². The van der Waals surface area contributed by atoms with Crippen LogP contribution in [0.3, 0.4) is 0 Å². The first-order chi connectivity index (χ1) is 6.65. The molecule has 5 heteroatoms. The summed E-state index contributed by atoms with van der Waals surface area (Å²) in [6, 6.07) is 2.48. The lowest BCUT2D eigenvalue weighted by molar-refractivity contribution is 0.146. The molecule has 0 aliphatic carbocycles. The third kappa shape index (κ3) is 2.75. The van der Waals surface area contributed by atoms with Gasteiger partial charge in [-0.25, -0.2) is 4.39 Å². The molecule has 0 amide bonds. The summed E-state index contributed by atoms with van der Waals surface area (Å²) < 4.78 is 22.9. The van der Waals surface area contributed by atoms with Crippen molar-refractivity contribution in [3.05, 3.63) is 23.0 Å². The van der Waals surface area contributed by atoms with E-state index in [9.17, 15) is 4.39 Å². The van der Waals surface area contributed by atoms with E-state index in [1.165, 1.54) is 6.07 Å². The van der Waals surface area contributed by atoms with Gasteiger partial charge in [-0.05, 0) is 6.07 Å². The number of nitrogen functional groups attached to an aromatic ring is 1. The maximum absolute atomic E-state index is 12.9. The smallest absolute Gasteiger partial charge is 0.147 e. The summed E-state index contributed by atoms with van der Waals surface area (Å²) in [4.78, 5) is 0. The van der Waals surface area contributed by atoms with Crippen LogP contribution in [-0.4, -0.2) is 20.3 Å². The Morgan fingerprint density at radius 3 is 2.79 bits per heavy atom. The van der Waals surface area contributed by atoms with Crippen LogP contribution in [0.4, 0.5) is 10.1 Å². The first-order valence-electron chi connectivity index (χ1n) is 4.01. The van der Waals surface area contributed by atoms with E-state index in [-0.39, 0.29) is 10.7 Å². The van der Waals surface area contributed by atoms with E-state index in [1.807, 2.05) is 0 Å². The number of hydrogen-bond acceptors (Lipinski definition) is 3. The molecule has 78 valence electrons. The Balaban J connectivity index is 2.72. The van der Waals surface area contributed by atoms with Crippen LogP contribution in [0.25, 0.3) is 0 Å². The van der Waals surface area contributed by atoms with Gasteiger partial charge in [-0.2, -0.15) is 0 Å². The summed E-state index contributed by atoms with van der Waals surface area (Å²) >= 11 is 5.72. The minimum Gasteiger partial charge on any atom is -0.490 e. The van der Waals surface area contributed by atoms with E-state index in [4.69, 9.17) is 26.8 Å². The molecule has 3 nitrogen and oxygen atoms in total. The van der Waals surface area contributed by atoms with E-state index < -0.39 is 5.82 Å². The van der Waals surface area contributed by atoms with Crippen molar-refractivity contribution in [3.8, 4) is 5.75 Å². The zero-order valence-electron chi connectivity index (χ0n) is 7.72. The molecule has 2 N–H and O–H groups in total. The largest absolute Gasteiger partial charge is 0.490 e. The third-order valence-corrected chi connectivity index (χ3v) is 1.89. The summed E-state index contributed by atoms with van der Waals surface area (Å²) in [7, 11) is 1.56. The van der Waals surface area contributed by atoms with Gasteiger partial charge in [0.2, 0.25) is 0 Å². The lowest BCUT2D eigenvalue weighted by Gasteiger charge is -2.08. The van der Waals surface area contributed by atoms with Crippen LogP contribution in [-0.2, 0) is 4.74 Å². The zero-order chi connectivity index (χ0) is 10.6. The quantitative estimate of drug-likeness (QED) is 0.623. The van der Waals surface area contributed by atoms with Crippen molar-refractivity contribution in [1.29, 1.82) is 0 Å². The van der Waals surface area contributed by atoms with Crippen LogP contribution in [0.5, 0.6) is 5.75 Å². The molecule has 0 radical (unpaired) electrons. The van der Waals surface area contributed by atoms with Crippen molar-refractivity contribution in [1.82, 2.24) is 0 Å². The van der Waals surface area contributed by atoms with E-state index in [0.29, 0.717) is 19.0 Å². The van der Waals surface area contributed by atoms with Crippen LogP contribution in [0.15, 0.2) is 12.1 Å². The minimum absolute atomic E-state index is 0.0156. The molecule has 0 aliphatic rings. The molecule has 0 bridgehead atoms. The number of rotatable bonds is 4. The van der Waals surface area contributed by atoms with Crippen LogP contribution in [0, 0.1) is 5.82 Å². The SMILES string of the molecule is COCCOc1cc(N)c(F)cc1Cl. The van der Waals surface area contributed by atoms with Crippen LogP contribution >= 0.6 is 11.6 Å². The first kappa shape index (κ1) is 11.1. The van der Waals surface area contributed by atoms with Gasteiger partial charge in [0.05, 0.1) is 17.3 Å². The van der Waals surface area contributed by atoms with Gasteiger partial charge < -0.3 is 15.2 Å². The highest BCUT2D eigenvalue weighted by Crippen LogP contribution is 2.28. The topological polar surface area (TPSA) is 44.5 Å². The van der Waals surface area contributed by atoms with Crippen molar-refractivity contribution >= 4 is 17.3 Å². The second-order valence-electron chi connectivity index (χ2n) is 2.65. The fraction of sp³-hybridized carbons (Fsp3) is 0.333. The molecule has 0 aliphatic heterocycles. The molecule has 0 saturated heterocycles. The Bertz CT molecular complexity index is 320. The Kier molecular flexibility index (Phi) is 3.98. The standard InChI is InChI=1S/C9H11ClFNO2/c1-13-2-3-14-9-5-8(12)7(11)4-6(9)10/h4-5H,2-3,12H2,1H3. The second kappa shape index (κ2) is 5.02. The van der Waals surface area contributed by atoms with Gasteiger partial charge in [0.25, 0.3) is 0 Å². The molecule has 0 heterocycles. The van der Waals surface area contributed by atoms with Gasteiger partial charge in [-0.1, -0.05) is 11.6 Å². The second-order valence-corrected chi connectivity index (χ2v) is 3.05. The Morgan fingerprint density at radius 2 is 2.14 bits per heavy atom. The predicted molar refractivity (Wildman–Crippen MR) is 53.2 cm³/mol. The maximum atomic E-state index is 12.9. The highest BCUT2D eigenvalue weighted by Gasteiger charge is 2.06. The number of ether oxygens (including phenoxy) is 2. The van der Waals surface area contributed by atoms with Gasteiger partial charge in [0, 0.05) is 13.2 Å². The fourth-order valence-electron chi connectivity index (χ4n) is 0.890. The molecule has 0 saturated carbocycles. The van der Waals surface area contributed by atoms with E-state index in [0.717, 1.165) is 6.07 Å². The molecule has 0 aromatic heterocycles. The number of benzene rings is 1. The van der Waals surface area contributed by atoms with Crippen molar-refractivity contribution in [2.45, 2.75) is 0 Å². The number of methoxy groups -OCH3 is 1. The molecule has 0 atom stereocenters. The molecule has 1 aromatic rings. The molecule has 0 spiro atoms. The Morgan fingerprint density at radius 1 is 1.43 bits per heavy atom. The van der Waals surface area contributed by atoms with Gasteiger partial charge >= 0.3 is 0 Å². The fourth-order valence-corrected chi connectivity index (χ4v) is 1.10. The molecule has 1 aromatic carbocycles. The zero-order valence-corrected chi connectivity index (χ0v) is 8.47. The summed E-state index contributed by atoms with van der Waals surface area (Å²) in [5.74, 6) is -0.184.